The fourth-order valence-corrected chi connectivity index (χ4v) is 4.43. The van der Waals surface area contributed by atoms with Crippen LogP contribution in [-0.4, -0.2) is 35.5 Å². The Bertz CT molecular complexity index is 1270. The number of Topliss-reactive ketones (excluding diaryl/α,β-unsaturated/α-hetero) is 1. The minimum Gasteiger partial charge on any atom is -0.507 e. The largest absolute Gasteiger partial charge is 0.507 e. The van der Waals surface area contributed by atoms with E-state index >= 15 is 0 Å². The maximum Gasteiger partial charge on any atom is 0.300 e. The van der Waals surface area contributed by atoms with Gasteiger partial charge < -0.3 is 14.6 Å². The molecule has 2 aliphatic heterocycles. The number of ketones is 1. The van der Waals surface area contributed by atoms with Gasteiger partial charge in [0.15, 0.2) is 0 Å². The highest BCUT2D eigenvalue weighted by Gasteiger charge is 2.47. The summed E-state index contributed by atoms with van der Waals surface area (Å²) in [7, 11) is 1.50. The Labute approximate surface area is 190 Å². The average Bonchev–Trinajstić information content (AvgIpc) is 3.13. The fraction of sp³-hybridized carbons (Fsp3) is 0.192. The van der Waals surface area contributed by atoms with Crippen LogP contribution in [0.5, 0.6) is 11.5 Å². The van der Waals surface area contributed by atoms with Crippen LogP contribution < -0.4 is 14.4 Å². The van der Waals surface area contributed by atoms with Gasteiger partial charge in [0.05, 0.1) is 31.0 Å². The quantitative estimate of drug-likeness (QED) is 0.373. The number of carbonyl (C=O) groups excluding carboxylic acids is 2. The van der Waals surface area contributed by atoms with E-state index in [-0.39, 0.29) is 11.3 Å². The predicted molar refractivity (Wildman–Crippen MR) is 122 cm³/mol. The lowest BCUT2D eigenvalue weighted by Gasteiger charge is -2.26. The molecule has 1 saturated heterocycles. The van der Waals surface area contributed by atoms with Crippen molar-refractivity contribution in [2.75, 3.05) is 18.6 Å². The number of aliphatic hydroxyl groups excluding tert-OH is 1. The second-order valence-electron chi connectivity index (χ2n) is 7.90. The summed E-state index contributed by atoms with van der Waals surface area (Å²) in [5.74, 6) is -0.513. The second kappa shape index (κ2) is 8.43. The molecule has 1 atom stereocenters. The van der Waals surface area contributed by atoms with Gasteiger partial charge in [0.25, 0.3) is 11.7 Å². The molecule has 1 unspecified atom stereocenters. The molecule has 2 aliphatic rings. The number of fused-ring (bicyclic) bond motifs is 1. The molecule has 1 amide bonds. The van der Waals surface area contributed by atoms with Crippen molar-refractivity contribution in [1.82, 2.24) is 4.98 Å². The van der Waals surface area contributed by atoms with Crippen molar-refractivity contribution >= 4 is 23.1 Å². The average molecular weight is 442 g/mol. The van der Waals surface area contributed by atoms with Crippen LogP contribution in [0.4, 0.5) is 5.69 Å². The third-order valence-corrected chi connectivity index (χ3v) is 5.97. The van der Waals surface area contributed by atoms with E-state index in [0.29, 0.717) is 29.2 Å². The van der Waals surface area contributed by atoms with Crippen LogP contribution in [0.1, 0.15) is 29.2 Å². The summed E-state index contributed by atoms with van der Waals surface area (Å²) in [4.78, 5) is 32.1. The smallest absolute Gasteiger partial charge is 0.300 e. The molecular formula is C26H22N2O5. The maximum absolute atomic E-state index is 13.3. The number of amides is 1. The minimum absolute atomic E-state index is 0.00980. The number of methoxy groups -OCH3 is 1. The van der Waals surface area contributed by atoms with Crippen LogP contribution >= 0.6 is 0 Å². The molecule has 7 nitrogen and oxygen atoms in total. The van der Waals surface area contributed by atoms with Crippen molar-refractivity contribution in [2.45, 2.75) is 18.9 Å². The van der Waals surface area contributed by atoms with Crippen molar-refractivity contribution in [3.8, 4) is 11.5 Å². The van der Waals surface area contributed by atoms with E-state index in [1.54, 1.807) is 60.9 Å². The van der Waals surface area contributed by atoms with Crippen LogP contribution in [0.3, 0.4) is 0 Å². The van der Waals surface area contributed by atoms with Crippen LogP contribution in [0.2, 0.25) is 0 Å². The monoisotopic (exact) mass is 442 g/mol. The molecule has 33 heavy (non-hydrogen) atoms. The lowest BCUT2D eigenvalue weighted by molar-refractivity contribution is -0.132. The summed E-state index contributed by atoms with van der Waals surface area (Å²) in [6.07, 6.45) is 4.90. The second-order valence-corrected chi connectivity index (χ2v) is 7.90. The van der Waals surface area contributed by atoms with Gasteiger partial charge in [-0.1, -0.05) is 18.2 Å². The summed E-state index contributed by atoms with van der Waals surface area (Å²) in [6, 6.07) is 14.9. The maximum atomic E-state index is 13.3. The van der Waals surface area contributed by atoms with Crippen molar-refractivity contribution in [3.63, 3.8) is 0 Å². The Balaban J connectivity index is 1.70. The molecule has 0 aliphatic carbocycles. The first-order valence-corrected chi connectivity index (χ1v) is 10.7. The number of aliphatic hydroxyl groups is 1. The Kier molecular flexibility index (Phi) is 5.30. The number of hydrogen-bond acceptors (Lipinski definition) is 6. The van der Waals surface area contributed by atoms with Crippen molar-refractivity contribution in [1.29, 1.82) is 0 Å². The molecule has 0 spiro atoms. The molecule has 5 rings (SSSR count). The molecule has 0 bridgehead atoms. The third-order valence-electron chi connectivity index (χ3n) is 5.97. The molecule has 0 radical (unpaired) electrons. The summed E-state index contributed by atoms with van der Waals surface area (Å²) >= 11 is 0. The van der Waals surface area contributed by atoms with Crippen molar-refractivity contribution < 1.29 is 24.2 Å². The highest BCUT2D eigenvalue weighted by Crippen LogP contribution is 2.45. The van der Waals surface area contributed by atoms with Gasteiger partial charge >= 0.3 is 0 Å². The number of rotatable bonds is 4. The number of anilines is 1. The normalized spacial score (nSPS) is 19.2. The number of para-hydroxylation sites is 2. The highest BCUT2D eigenvalue weighted by atomic mass is 16.5. The zero-order valence-corrected chi connectivity index (χ0v) is 18.0. The van der Waals surface area contributed by atoms with Gasteiger partial charge in [-0.2, -0.15) is 0 Å². The zero-order chi connectivity index (χ0) is 22.9. The number of benzene rings is 2. The molecule has 1 fully saturated rings. The van der Waals surface area contributed by atoms with Crippen LogP contribution in [-0.2, 0) is 16.0 Å². The minimum atomic E-state index is -0.859. The van der Waals surface area contributed by atoms with E-state index in [4.69, 9.17) is 9.47 Å². The van der Waals surface area contributed by atoms with Crippen molar-refractivity contribution in [2.24, 2.45) is 0 Å². The Morgan fingerprint density at radius 3 is 2.79 bits per heavy atom. The number of carbonyl (C=O) groups is 2. The van der Waals surface area contributed by atoms with Crippen LogP contribution in [0, 0.1) is 0 Å². The molecule has 1 N–H and O–H groups in total. The van der Waals surface area contributed by atoms with Gasteiger partial charge in [0.2, 0.25) is 0 Å². The third kappa shape index (κ3) is 3.51. The first-order valence-electron chi connectivity index (χ1n) is 10.7. The van der Waals surface area contributed by atoms with Crippen LogP contribution in [0.25, 0.3) is 5.76 Å². The number of nitrogens with zero attached hydrogens (tertiary/aromatic N) is 2. The Morgan fingerprint density at radius 1 is 1.15 bits per heavy atom. The number of pyridine rings is 1. The number of aromatic nitrogens is 1. The lowest BCUT2D eigenvalue weighted by atomic mass is 9.94. The van der Waals surface area contributed by atoms with E-state index in [0.717, 1.165) is 24.2 Å². The molecule has 3 heterocycles. The van der Waals surface area contributed by atoms with Gasteiger partial charge in [0, 0.05) is 18.0 Å². The van der Waals surface area contributed by atoms with Crippen LogP contribution in [0.15, 0.2) is 72.6 Å². The number of ether oxygens (including phenoxy) is 2. The lowest BCUT2D eigenvalue weighted by Crippen LogP contribution is -2.29. The standard InChI is InChI=1S/C26H22N2O5/c1-32-21-9-3-2-8-19(21)28-23(18-6-4-12-27-15-18)22(25(30)26(28)31)24(29)17-10-11-20-16(14-17)7-5-13-33-20/h2-4,6,8-12,14-15,23,29H,5,7,13H2,1H3/b24-22-. The zero-order valence-electron chi connectivity index (χ0n) is 18.0. The number of hydrogen-bond donors (Lipinski definition) is 1. The first kappa shape index (κ1) is 20.8. The Morgan fingerprint density at radius 2 is 2.00 bits per heavy atom. The predicted octanol–water partition coefficient (Wildman–Crippen LogP) is 4.04. The molecule has 3 aromatic rings. The highest BCUT2D eigenvalue weighted by molar-refractivity contribution is 6.51. The van der Waals surface area contributed by atoms with Gasteiger partial charge in [-0.25, -0.2) is 0 Å². The molecule has 166 valence electrons. The Hall–Kier alpha value is -4.13. The van der Waals surface area contributed by atoms with Gasteiger partial charge in [0.1, 0.15) is 17.3 Å². The fourth-order valence-electron chi connectivity index (χ4n) is 4.43. The van der Waals surface area contributed by atoms with E-state index in [1.807, 2.05) is 6.07 Å². The summed E-state index contributed by atoms with van der Waals surface area (Å²) in [6.45, 7) is 0.656. The summed E-state index contributed by atoms with van der Waals surface area (Å²) < 4.78 is 11.1. The molecule has 2 aromatic carbocycles. The molecule has 0 saturated carbocycles. The van der Waals surface area contributed by atoms with E-state index in [2.05, 4.69) is 4.98 Å². The summed E-state index contributed by atoms with van der Waals surface area (Å²) in [5.41, 5.74) is 2.48. The molecule has 7 heteroatoms. The summed E-state index contributed by atoms with van der Waals surface area (Å²) in [5, 5.41) is 11.3. The topological polar surface area (TPSA) is 89.0 Å². The number of aryl methyl sites for hydroxylation is 1. The SMILES string of the molecule is COc1ccccc1N1C(=O)C(=O)/C(=C(\O)c2ccc3c(c2)CCCO3)C1c1cccnc1. The molecular weight excluding hydrogens is 420 g/mol. The molecule has 1 aromatic heterocycles. The van der Waals surface area contributed by atoms with Gasteiger partial charge in [-0.15, -0.1) is 0 Å². The van der Waals surface area contributed by atoms with E-state index in [9.17, 15) is 14.7 Å². The van der Waals surface area contributed by atoms with E-state index < -0.39 is 17.7 Å². The first-order chi connectivity index (χ1) is 16.1. The van der Waals surface area contributed by atoms with Gasteiger partial charge in [-0.3, -0.25) is 19.5 Å². The van der Waals surface area contributed by atoms with E-state index in [1.165, 1.54) is 12.0 Å². The van der Waals surface area contributed by atoms with Gasteiger partial charge in [-0.05, 0) is 60.4 Å². The van der Waals surface area contributed by atoms with Crippen molar-refractivity contribution in [3.05, 3.63) is 89.3 Å².